The van der Waals surface area contributed by atoms with Crippen molar-refractivity contribution in [1.82, 2.24) is 5.32 Å². The van der Waals surface area contributed by atoms with Crippen molar-refractivity contribution >= 4 is 17.7 Å². The van der Waals surface area contributed by atoms with Gasteiger partial charge in [-0.2, -0.15) is 0 Å². The van der Waals surface area contributed by atoms with E-state index < -0.39 is 0 Å². The average Bonchev–Trinajstić information content (AvgIpc) is 2.44. The molecular weight excluding hydrogens is 270 g/mol. The Labute approximate surface area is 126 Å². The number of nitrogens with one attached hydrogen (secondary N) is 1. The van der Waals surface area contributed by atoms with Gasteiger partial charge in [0.1, 0.15) is 6.04 Å². The van der Waals surface area contributed by atoms with Gasteiger partial charge >= 0.3 is 5.97 Å². The van der Waals surface area contributed by atoms with Crippen molar-refractivity contribution < 1.29 is 9.53 Å². The van der Waals surface area contributed by atoms with E-state index in [1.165, 1.54) is 10.5 Å². The summed E-state index contributed by atoms with van der Waals surface area (Å²) in [6, 6.07) is 8.28. The Morgan fingerprint density at radius 3 is 2.60 bits per heavy atom. The van der Waals surface area contributed by atoms with Gasteiger partial charge in [0, 0.05) is 10.6 Å². The van der Waals surface area contributed by atoms with Crippen LogP contribution in [0, 0.1) is 6.92 Å². The molecule has 112 valence electrons. The predicted octanol–water partition coefficient (Wildman–Crippen LogP) is 3.41. The van der Waals surface area contributed by atoms with Crippen LogP contribution < -0.4 is 5.32 Å². The minimum Gasteiger partial charge on any atom is -0.465 e. The normalized spacial score (nSPS) is 12.2. The second-order valence-electron chi connectivity index (χ2n) is 4.71. The van der Waals surface area contributed by atoms with Crippen molar-refractivity contribution in [2.45, 2.75) is 44.6 Å². The van der Waals surface area contributed by atoms with Crippen LogP contribution in [-0.2, 0) is 9.53 Å². The minimum atomic E-state index is -0.187. The molecule has 0 aliphatic rings. The van der Waals surface area contributed by atoms with Gasteiger partial charge in [0.25, 0.3) is 0 Å². The smallest absolute Gasteiger partial charge is 0.323 e. The van der Waals surface area contributed by atoms with Crippen molar-refractivity contribution in [3.05, 3.63) is 29.8 Å². The molecule has 0 aliphatic heterocycles. The van der Waals surface area contributed by atoms with Crippen LogP contribution in [0.5, 0.6) is 0 Å². The maximum atomic E-state index is 11.8. The van der Waals surface area contributed by atoms with Crippen molar-refractivity contribution in [3.8, 4) is 0 Å². The number of esters is 1. The Hall–Kier alpha value is -1.00. The van der Waals surface area contributed by atoms with Crippen molar-refractivity contribution in [2.75, 3.05) is 18.9 Å². The number of hydrogen-bond acceptors (Lipinski definition) is 4. The first-order valence-electron chi connectivity index (χ1n) is 7.26. The fourth-order valence-corrected chi connectivity index (χ4v) is 2.71. The van der Waals surface area contributed by atoms with Crippen LogP contribution in [0.2, 0.25) is 0 Å². The number of carbonyl (C=O) groups is 1. The summed E-state index contributed by atoms with van der Waals surface area (Å²) < 4.78 is 5.11. The molecule has 0 spiro atoms. The highest BCUT2D eigenvalue weighted by Crippen LogP contribution is 2.19. The minimum absolute atomic E-state index is 0.134. The SMILES string of the molecule is CCCNC(CCSc1ccc(C)cc1)C(=O)OCC. The molecule has 0 saturated heterocycles. The number of carbonyl (C=O) groups excluding carboxylic acids is 1. The van der Waals surface area contributed by atoms with Gasteiger partial charge in [-0.3, -0.25) is 4.79 Å². The van der Waals surface area contributed by atoms with E-state index >= 15 is 0 Å². The highest BCUT2D eigenvalue weighted by Gasteiger charge is 2.18. The third kappa shape index (κ3) is 6.44. The molecule has 0 aromatic heterocycles. The van der Waals surface area contributed by atoms with E-state index in [0.717, 1.165) is 25.1 Å². The maximum Gasteiger partial charge on any atom is 0.323 e. The van der Waals surface area contributed by atoms with E-state index in [9.17, 15) is 4.79 Å². The number of benzene rings is 1. The number of ether oxygens (including phenoxy) is 1. The molecule has 0 fully saturated rings. The molecule has 0 heterocycles. The van der Waals surface area contributed by atoms with Crippen LogP contribution in [-0.4, -0.2) is 30.9 Å². The zero-order valence-corrected chi connectivity index (χ0v) is 13.5. The van der Waals surface area contributed by atoms with E-state index in [1.54, 1.807) is 11.8 Å². The molecular formula is C16H25NO2S. The Morgan fingerprint density at radius 2 is 2.00 bits per heavy atom. The molecule has 1 atom stereocenters. The monoisotopic (exact) mass is 295 g/mol. The second kappa shape index (κ2) is 9.83. The number of rotatable bonds is 9. The van der Waals surface area contributed by atoms with E-state index in [1.807, 2.05) is 6.92 Å². The topological polar surface area (TPSA) is 38.3 Å². The van der Waals surface area contributed by atoms with Gasteiger partial charge in [-0.1, -0.05) is 24.6 Å². The molecule has 1 unspecified atom stereocenters. The summed E-state index contributed by atoms with van der Waals surface area (Å²) in [7, 11) is 0. The lowest BCUT2D eigenvalue weighted by atomic mass is 10.2. The highest BCUT2D eigenvalue weighted by molar-refractivity contribution is 7.99. The molecule has 1 N–H and O–H groups in total. The molecule has 0 aliphatic carbocycles. The molecule has 3 nitrogen and oxygen atoms in total. The van der Waals surface area contributed by atoms with Crippen molar-refractivity contribution in [2.24, 2.45) is 0 Å². The largest absolute Gasteiger partial charge is 0.465 e. The summed E-state index contributed by atoms with van der Waals surface area (Å²) in [5, 5.41) is 3.26. The first-order valence-corrected chi connectivity index (χ1v) is 8.25. The fourth-order valence-electron chi connectivity index (χ4n) is 1.79. The Morgan fingerprint density at radius 1 is 1.30 bits per heavy atom. The molecule has 1 aromatic rings. The van der Waals surface area contributed by atoms with Gasteiger partial charge in [-0.25, -0.2) is 0 Å². The molecule has 4 heteroatoms. The Balaban J connectivity index is 2.40. The number of aryl methyl sites for hydroxylation is 1. The van der Waals surface area contributed by atoms with Gasteiger partial charge in [0.2, 0.25) is 0 Å². The summed E-state index contributed by atoms with van der Waals surface area (Å²) in [5.41, 5.74) is 1.27. The van der Waals surface area contributed by atoms with Crippen LogP contribution in [0.3, 0.4) is 0 Å². The molecule has 0 bridgehead atoms. The third-order valence-electron chi connectivity index (χ3n) is 2.91. The van der Waals surface area contributed by atoms with Gasteiger partial charge in [0.15, 0.2) is 0 Å². The van der Waals surface area contributed by atoms with Gasteiger partial charge in [0.05, 0.1) is 6.61 Å². The van der Waals surface area contributed by atoms with Crippen LogP contribution in [0.1, 0.15) is 32.3 Å². The first-order chi connectivity index (χ1) is 9.67. The lowest BCUT2D eigenvalue weighted by molar-refractivity contribution is -0.145. The molecule has 1 aromatic carbocycles. The zero-order valence-electron chi connectivity index (χ0n) is 12.6. The fraction of sp³-hybridized carbons (Fsp3) is 0.562. The summed E-state index contributed by atoms with van der Waals surface area (Å²) in [6.45, 7) is 7.30. The van der Waals surface area contributed by atoms with Crippen molar-refractivity contribution in [3.63, 3.8) is 0 Å². The highest BCUT2D eigenvalue weighted by atomic mass is 32.2. The summed E-state index contributed by atoms with van der Waals surface area (Å²) in [5.74, 6) is 0.772. The van der Waals surface area contributed by atoms with E-state index in [0.29, 0.717) is 6.61 Å². The Kier molecular flexibility index (Phi) is 8.38. The molecule has 0 saturated carbocycles. The van der Waals surface area contributed by atoms with Crippen molar-refractivity contribution in [1.29, 1.82) is 0 Å². The zero-order chi connectivity index (χ0) is 14.8. The quantitative estimate of drug-likeness (QED) is 0.560. The van der Waals surface area contributed by atoms with Crippen LogP contribution >= 0.6 is 11.8 Å². The average molecular weight is 295 g/mol. The van der Waals surface area contributed by atoms with Gasteiger partial charge < -0.3 is 10.1 Å². The predicted molar refractivity (Wildman–Crippen MR) is 85.2 cm³/mol. The maximum absolute atomic E-state index is 11.8. The van der Waals surface area contributed by atoms with Crippen LogP contribution in [0.4, 0.5) is 0 Å². The molecule has 20 heavy (non-hydrogen) atoms. The third-order valence-corrected chi connectivity index (χ3v) is 3.95. The number of thioether (sulfide) groups is 1. The van der Waals surface area contributed by atoms with E-state index in [-0.39, 0.29) is 12.0 Å². The molecule has 1 rings (SSSR count). The molecule has 0 amide bonds. The molecule has 0 radical (unpaired) electrons. The Bertz CT molecular complexity index is 392. The second-order valence-corrected chi connectivity index (χ2v) is 5.88. The summed E-state index contributed by atoms with van der Waals surface area (Å²) in [4.78, 5) is 13.1. The lowest BCUT2D eigenvalue weighted by Crippen LogP contribution is -2.39. The van der Waals surface area contributed by atoms with Gasteiger partial charge in [-0.05, 0) is 45.4 Å². The standard InChI is InChI=1S/C16H25NO2S/c1-4-11-17-15(16(18)19-5-2)10-12-20-14-8-6-13(3)7-9-14/h6-9,15,17H,4-5,10-12H2,1-3H3. The van der Waals surface area contributed by atoms with E-state index in [2.05, 4.69) is 43.4 Å². The van der Waals surface area contributed by atoms with E-state index in [4.69, 9.17) is 4.74 Å². The summed E-state index contributed by atoms with van der Waals surface area (Å²) in [6.07, 6.45) is 1.80. The lowest BCUT2D eigenvalue weighted by Gasteiger charge is -2.16. The summed E-state index contributed by atoms with van der Waals surface area (Å²) >= 11 is 1.78. The number of hydrogen-bond donors (Lipinski definition) is 1. The first kappa shape index (κ1) is 17.1. The van der Waals surface area contributed by atoms with Crippen LogP contribution in [0.25, 0.3) is 0 Å². The van der Waals surface area contributed by atoms with Crippen LogP contribution in [0.15, 0.2) is 29.2 Å². The van der Waals surface area contributed by atoms with Gasteiger partial charge in [-0.15, -0.1) is 11.8 Å².